The highest BCUT2D eigenvalue weighted by atomic mass is 16.2. The molecule has 0 spiro atoms. The highest BCUT2D eigenvalue weighted by Gasteiger charge is 2.22. The number of amides is 2. The van der Waals surface area contributed by atoms with E-state index in [0.717, 1.165) is 24.2 Å². The van der Waals surface area contributed by atoms with E-state index in [-0.39, 0.29) is 23.8 Å². The van der Waals surface area contributed by atoms with E-state index in [4.69, 9.17) is 5.73 Å². The molecule has 2 unspecified atom stereocenters. The van der Waals surface area contributed by atoms with Crippen molar-refractivity contribution in [2.24, 2.45) is 11.7 Å². The molecule has 1 aliphatic rings. The van der Waals surface area contributed by atoms with Gasteiger partial charge in [0.25, 0.3) is 0 Å². The lowest BCUT2D eigenvalue weighted by atomic mass is 10.0. The zero-order valence-corrected chi connectivity index (χ0v) is 12.6. The molecule has 1 saturated heterocycles. The summed E-state index contributed by atoms with van der Waals surface area (Å²) in [7, 11) is 0. The highest BCUT2D eigenvalue weighted by molar-refractivity contribution is 5.95. The largest absolute Gasteiger partial charge is 0.352 e. The summed E-state index contributed by atoms with van der Waals surface area (Å²) in [6, 6.07) is 7.58. The van der Waals surface area contributed by atoms with Crippen LogP contribution in [0.3, 0.4) is 0 Å². The Balaban J connectivity index is 1.98. The van der Waals surface area contributed by atoms with E-state index in [1.54, 1.807) is 4.90 Å². The van der Waals surface area contributed by atoms with Crippen molar-refractivity contribution in [3.63, 3.8) is 0 Å². The molecule has 0 radical (unpaired) electrons. The Morgan fingerprint density at radius 3 is 2.81 bits per heavy atom. The van der Waals surface area contributed by atoms with Gasteiger partial charge in [-0.1, -0.05) is 19.1 Å². The van der Waals surface area contributed by atoms with Gasteiger partial charge in [-0.25, -0.2) is 0 Å². The van der Waals surface area contributed by atoms with Crippen LogP contribution in [-0.4, -0.2) is 24.4 Å². The second-order valence-electron chi connectivity index (χ2n) is 5.68. The molecule has 0 aliphatic carbocycles. The lowest BCUT2D eigenvalue weighted by Crippen LogP contribution is -2.38. The summed E-state index contributed by atoms with van der Waals surface area (Å²) in [5.74, 6) is -0.0947. The van der Waals surface area contributed by atoms with Gasteiger partial charge in [0.15, 0.2) is 0 Å². The molecule has 5 nitrogen and oxygen atoms in total. The van der Waals surface area contributed by atoms with Gasteiger partial charge in [0, 0.05) is 37.2 Å². The molecule has 1 fully saturated rings. The molecule has 1 heterocycles. The highest BCUT2D eigenvalue weighted by Crippen LogP contribution is 2.22. The van der Waals surface area contributed by atoms with Gasteiger partial charge in [-0.05, 0) is 31.0 Å². The van der Waals surface area contributed by atoms with E-state index in [9.17, 15) is 9.59 Å². The third kappa shape index (κ3) is 3.82. The van der Waals surface area contributed by atoms with Crippen LogP contribution in [0.1, 0.15) is 32.3 Å². The lowest BCUT2D eigenvalue weighted by molar-refractivity contribution is -0.125. The molecular formula is C16H23N3O2. The van der Waals surface area contributed by atoms with Crippen molar-refractivity contribution in [2.75, 3.05) is 11.4 Å². The molecule has 5 heteroatoms. The van der Waals surface area contributed by atoms with Crippen LogP contribution in [0.4, 0.5) is 5.69 Å². The molecule has 0 aromatic heterocycles. The molecule has 2 atom stereocenters. The minimum Gasteiger partial charge on any atom is -0.352 e. The molecule has 2 rings (SSSR count). The molecule has 21 heavy (non-hydrogen) atoms. The maximum atomic E-state index is 11.9. The Hall–Kier alpha value is -1.88. The molecule has 0 bridgehead atoms. The third-order valence-electron chi connectivity index (χ3n) is 3.96. The van der Waals surface area contributed by atoms with Gasteiger partial charge < -0.3 is 16.0 Å². The maximum Gasteiger partial charge on any atom is 0.227 e. The Labute approximate surface area is 125 Å². The number of nitrogens with two attached hydrogens (primary N) is 1. The average Bonchev–Trinajstić information content (AvgIpc) is 2.90. The summed E-state index contributed by atoms with van der Waals surface area (Å²) in [6.45, 7) is 4.87. The first-order valence-electron chi connectivity index (χ1n) is 7.41. The number of rotatable bonds is 5. The van der Waals surface area contributed by atoms with Crippen molar-refractivity contribution < 1.29 is 9.59 Å². The first-order chi connectivity index (χ1) is 9.99. The normalized spacial score (nSPS) is 17.7. The Bertz CT molecular complexity index is 528. The molecule has 0 saturated carbocycles. The predicted molar refractivity (Wildman–Crippen MR) is 82.7 cm³/mol. The van der Waals surface area contributed by atoms with Crippen LogP contribution in [0, 0.1) is 5.92 Å². The minimum absolute atomic E-state index is 0.0485. The maximum absolute atomic E-state index is 11.9. The number of carbonyl (C=O) groups is 2. The SMILES string of the molecule is CC(N)C(C)C(=O)NCc1cccc(N2CCCC2=O)c1. The molecule has 114 valence electrons. The Morgan fingerprint density at radius 2 is 2.19 bits per heavy atom. The summed E-state index contributed by atoms with van der Waals surface area (Å²) < 4.78 is 0. The van der Waals surface area contributed by atoms with E-state index in [1.165, 1.54) is 0 Å². The van der Waals surface area contributed by atoms with Crippen LogP contribution in [-0.2, 0) is 16.1 Å². The summed E-state index contributed by atoms with van der Waals surface area (Å²) in [6.07, 6.45) is 1.53. The van der Waals surface area contributed by atoms with Crippen LogP contribution < -0.4 is 16.0 Å². The van der Waals surface area contributed by atoms with E-state index in [1.807, 2.05) is 38.1 Å². The van der Waals surface area contributed by atoms with Crippen molar-refractivity contribution in [3.8, 4) is 0 Å². The van der Waals surface area contributed by atoms with Crippen molar-refractivity contribution in [2.45, 2.75) is 39.3 Å². The first-order valence-corrected chi connectivity index (χ1v) is 7.41. The van der Waals surface area contributed by atoms with Gasteiger partial charge in [0.1, 0.15) is 0 Å². The predicted octanol–water partition coefficient (Wildman–Crippen LogP) is 1.41. The molecule has 1 aromatic rings. The summed E-state index contributed by atoms with van der Waals surface area (Å²) in [4.78, 5) is 25.5. The Morgan fingerprint density at radius 1 is 1.43 bits per heavy atom. The van der Waals surface area contributed by atoms with Crippen LogP contribution in [0.15, 0.2) is 24.3 Å². The van der Waals surface area contributed by atoms with Crippen LogP contribution >= 0.6 is 0 Å². The van der Waals surface area contributed by atoms with Gasteiger partial charge in [0.05, 0.1) is 0 Å². The second kappa shape index (κ2) is 6.72. The molecule has 1 aliphatic heterocycles. The number of hydrogen-bond acceptors (Lipinski definition) is 3. The van der Waals surface area contributed by atoms with Crippen molar-refractivity contribution in [1.82, 2.24) is 5.32 Å². The third-order valence-corrected chi connectivity index (χ3v) is 3.96. The zero-order valence-electron chi connectivity index (χ0n) is 12.6. The van der Waals surface area contributed by atoms with Crippen LogP contribution in [0.5, 0.6) is 0 Å². The van der Waals surface area contributed by atoms with E-state index in [0.29, 0.717) is 13.0 Å². The topological polar surface area (TPSA) is 75.4 Å². The number of nitrogens with zero attached hydrogens (tertiary/aromatic N) is 1. The smallest absolute Gasteiger partial charge is 0.227 e. The van der Waals surface area contributed by atoms with Gasteiger partial charge in [-0.15, -0.1) is 0 Å². The van der Waals surface area contributed by atoms with E-state index >= 15 is 0 Å². The molecule has 1 aromatic carbocycles. The fourth-order valence-electron chi connectivity index (χ4n) is 2.34. The standard InChI is InChI=1S/C16H23N3O2/c1-11(12(2)17)16(21)18-10-13-5-3-6-14(9-13)19-8-4-7-15(19)20/h3,5-6,9,11-12H,4,7-8,10,17H2,1-2H3,(H,18,21). The van der Waals surface area contributed by atoms with Crippen molar-refractivity contribution in [3.05, 3.63) is 29.8 Å². The fourth-order valence-corrected chi connectivity index (χ4v) is 2.34. The quantitative estimate of drug-likeness (QED) is 0.860. The van der Waals surface area contributed by atoms with Gasteiger partial charge >= 0.3 is 0 Å². The zero-order chi connectivity index (χ0) is 15.4. The average molecular weight is 289 g/mol. The van der Waals surface area contributed by atoms with Crippen molar-refractivity contribution >= 4 is 17.5 Å². The summed E-state index contributed by atoms with van der Waals surface area (Å²) in [5, 5.41) is 2.89. The number of hydrogen-bond donors (Lipinski definition) is 2. The number of benzene rings is 1. The van der Waals surface area contributed by atoms with Gasteiger partial charge in [0.2, 0.25) is 11.8 Å². The minimum atomic E-state index is -0.214. The monoisotopic (exact) mass is 289 g/mol. The lowest BCUT2D eigenvalue weighted by Gasteiger charge is -2.18. The summed E-state index contributed by atoms with van der Waals surface area (Å²) >= 11 is 0. The number of carbonyl (C=O) groups excluding carboxylic acids is 2. The van der Waals surface area contributed by atoms with Gasteiger partial charge in [-0.3, -0.25) is 9.59 Å². The number of anilines is 1. The van der Waals surface area contributed by atoms with Gasteiger partial charge in [-0.2, -0.15) is 0 Å². The number of nitrogens with one attached hydrogen (secondary N) is 1. The Kier molecular flexibility index (Phi) is 4.96. The molecule has 3 N–H and O–H groups in total. The second-order valence-corrected chi connectivity index (χ2v) is 5.68. The summed E-state index contributed by atoms with van der Waals surface area (Å²) in [5.41, 5.74) is 7.61. The van der Waals surface area contributed by atoms with E-state index in [2.05, 4.69) is 5.32 Å². The molecular weight excluding hydrogens is 266 g/mol. The van der Waals surface area contributed by atoms with Crippen molar-refractivity contribution in [1.29, 1.82) is 0 Å². The van der Waals surface area contributed by atoms with E-state index < -0.39 is 0 Å². The fraction of sp³-hybridized carbons (Fsp3) is 0.500. The molecule has 2 amide bonds. The first kappa shape index (κ1) is 15.5. The van der Waals surface area contributed by atoms with Crippen LogP contribution in [0.25, 0.3) is 0 Å². The van der Waals surface area contributed by atoms with Crippen LogP contribution in [0.2, 0.25) is 0 Å².